The van der Waals surface area contributed by atoms with Crippen molar-refractivity contribution in [2.45, 2.75) is 13.5 Å². The molecule has 0 aliphatic rings. The van der Waals surface area contributed by atoms with Gasteiger partial charge in [0.2, 0.25) is 5.91 Å². The topological polar surface area (TPSA) is 59.4 Å². The monoisotopic (exact) mass is 336 g/mol. The molecule has 0 unspecified atom stereocenters. The average Bonchev–Trinajstić information content (AvgIpc) is 2.61. The molecule has 0 aromatic heterocycles. The highest BCUT2D eigenvalue weighted by Crippen LogP contribution is 2.14. The van der Waals surface area contributed by atoms with Crippen LogP contribution in [0.4, 0.5) is 11.4 Å². The van der Waals surface area contributed by atoms with Gasteiger partial charge in [-0.05, 0) is 42.4 Å². The summed E-state index contributed by atoms with van der Waals surface area (Å²) in [6, 6.07) is 17.3. The van der Waals surface area contributed by atoms with Crippen molar-refractivity contribution in [3.63, 3.8) is 0 Å². The van der Waals surface area contributed by atoms with E-state index in [9.17, 15) is 4.79 Å². The first-order valence-electron chi connectivity index (χ1n) is 8.30. The van der Waals surface area contributed by atoms with Crippen LogP contribution in [0.15, 0.2) is 48.5 Å². The molecule has 1 amide bonds. The number of nitrogens with one attached hydrogen (secondary N) is 1. The maximum atomic E-state index is 12.3. The number of carbonyl (C=O) groups is 1. The summed E-state index contributed by atoms with van der Waals surface area (Å²) in [6.45, 7) is 3.84. The Kier molecular flexibility index (Phi) is 6.55. The Morgan fingerprint density at radius 2 is 1.88 bits per heavy atom. The molecule has 2 aromatic carbocycles. The molecular weight excluding hydrogens is 312 g/mol. The normalized spacial score (nSPS) is 10.4. The minimum atomic E-state index is -0.0816. The van der Waals surface area contributed by atoms with E-state index < -0.39 is 0 Å². The van der Waals surface area contributed by atoms with Gasteiger partial charge in [-0.2, -0.15) is 5.26 Å². The van der Waals surface area contributed by atoms with Crippen LogP contribution in [-0.4, -0.2) is 38.0 Å². The smallest absolute Gasteiger partial charge is 0.238 e. The van der Waals surface area contributed by atoms with Crippen LogP contribution in [0.5, 0.6) is 0 Å². The molecule has 0 spiro atoms. The van der Waals surface area contributed by atoms with E-state index in [1.165, 1.54) is 5.56 Å². The van der Waals surface area contributed by atoms with E-state index in [2.05, 4.69) is 45.5 Å². The third-order valence-electron chi connectivity index (χ3n) is 3.95. The predicted molar refractivity (Wildman–Crippen MR) is 102 cm³/mol. The van der Waals surface area contributed by atoms with Gasteiger partial charge >= 0.3 is 0 Å². The first-order valence-corrected chi connectivity index (χ1v) is 8.30. The van der Waals surface area contributed by atoms with Gasteiger partial charge in [-0.25, -0.2) is 0 Å². The quantitative estimate of drug-likeness (QED) is 0.844. The van der Waals surface area contributed by atoms with E-state index in [4.69, 9.17) is 5.26 Å². The molecule has 0 bridgehead atoms. The van der Waals surface area contributed by atoms with Crippen molar-refractivity contribution in [2.75, 3.05) is 37.4 Å². The van der Waals surface area contributed by atoms with Gasteiger partial charge in [-0.15, -0.1) is 0 Å². The van der Waals surface area contributed by atoms with Crippen LogP contribution in [0.3, 0.4) is 0 Å². The van der Waals surface area contributed by atoms with Gasteiger partial charge in [0.15, 0.2) is 0 Å². The van der Waals surface area contributed by atoms with Gasteiger partial charge in [-0.1, -0.05) is 25.1 Å². The molecular formula is C20H24N4O. The molecule has 25 heavy (non-hydrogen) atoms. The lowest BCUT2D eigenvalue weighted by atomic mass is 10.2. The van der Waals surface area contributed by atoms with E-state index in [0.29, 0.717) is 17.8 Å². The SMILES string of the molecule is CCN(CC(=O)Nc1cccc(C#N)c1)Cc1ccc(N(C)C)cc1. The number of anilines is 2. The number of hydrogen-bond donors (Lipinski definition) is 1. The van der Waals surface area contributed by atoms with E-state index in [-0.39, 0.29) is 5.91 Å². The Balaban J connectivity index is 1.94. The van der Waals surface area contributed by atoms with Crippen molar-refractivity contribution >= 4 is 17.3 Å². The van der Waals surface area contributed by atoms with Crippen molar-refractivity contribution in [1.29, 1.82) is 5.26 Å². The van der Waals surface area contributed by atoms with E-state index in [0.717, 1.165) is 18.8 Å². The van der Waals surface area contributed by atoms with Gasteiger partial charge in [0, 0.05) is 32.0 Å². The van der Waals surface area contributed by atoms with Crippen LogP contribution in [0, 0.1) is 11.3 Å². The number of amides is 1. The van der Waals surface area contributed by atoms with Crippen molar-refractivity contribution < 1.29 is 4.79 Å². The summed E-state index contributed by atoms with van der Waals surface area (Å²) in [5.74, 6) is -0.0816. The molecule has 0 atom stereocenters. The summed E-state index contributed by atoms with van der Waals surface area (Å²) >= 11 is 0. The van der Waals surface area contributed by atoms with Crippen molar-refractivity contribution in [3.8, 4) is 6.07 Å². The number of nitrogens with zero attached hydrogens (tertiary/aromatic N) is 3. The highest BCUT2D eigenvalue weighted by molar-refractivity contribution is 5.92. The van der Waals surface area contributed by atoms with Crippen LogP contribution in [0.25, 0.3) is 0 Å². The van der Waals surface area contributed by atoms with E-state index >= 15 is 0 Å². The number of nitriles is 1. The lowest BCUT2D eigenvalue weighted by Gasteiger charge is -2.20. The zero-order chi connectivity index (χ0) is 18.2. The summed E-state index contributed by atoms with van der Waals surface area (Å²) in [6.07, 6.45) is 0. The molecule has 0 heterocycles. The van der Waals surface area contributed by atoms with Crippen LogP contribution in [0.2, 0.25) is 0 Å². The van der Waals surface area contributed by atoms with Crippen molar-refractivity contribution in [2.24, 2.45) is 0 Å². The maximum Gasteiger partial charge on any atom is 0.238 e. The highest BCUT2D eigenvalue weighted by Gasteiger charge is 2.10. The fraction of sp³-hybridized carbons (Fsp3) is 0.300. The van der Waals surface area contributed by atoms with Crippen LogP contribution < -0.4 is 10.2 Å². The Hall–Kier alpha value is -2.84. The molecule has 1 N–H and O–H groups in total. The summed E-state index contributed by atoms with van der Waals surface area (Å²) in [5, 5.41) is 11.8. The number of rotatable bonds is 7. The third-order valence-corrected chi connectivity index (χ3v) is 3.95. The molecule has 0 aliphatic carbocycles. The summed E-state index contributed by atoms with van der Waals surface area (Å²) in [5.41, 5.74) is 3.51. The Labute approximate surface area is 149 Å². The molecule has 0 aliphatic heterocycles. The molecule has 0 saturated heterocycles. The summed E-state index contributed by atoms with van der Waals surface area (Å²) < 4.78 is 0. The molecule has 0 fully saturated rings. The molecule has 0 saturated carbocycles. The zero-order valence-electron chi connectivity index (χ0n) is 15.0. The van der Waals surface area contributed by atoms with Gasteiger partial charge in [-0.3, -0.25) is 9.69 Å². The summed E-state index contributed by atoms with van der Waals surface area (Å²) in [4.78, 5) is 16.4. The fourth-order valence-electron chi connectivity index (χ4n) is 2.51. The van der Waals surface area contributed by atoms with Crippen LogP contribution in [-0.2, 0) is 11.3 Å². The second-order valence-electron chi connectivity index (χ2n) is 6.10. The molecule has 5 nitrogen and oxygen atoms in total. The highest BCUT2D eigenvalue weighted by atomic mass is 16.2. The number of benzene rings is 2. The Morgan fingerprint density at radius 1 is 1.16 bits per heavy atom. The van der Waals surface area contributed by atoms with Crippen LogP contribution in [0.1, 0.15) is 18.1 Å². The van der Waals surface area contributed by atoms with Crippen LogP contribution >= 0.6 is 0 Å². The summed E-state index contributed by atoms with van der Waals surface area (Å²) in [7, 11) is 4.03. The first kappa shape index (κ1) is 18.5. The molecule has 130 valence electrons. The van der Waals surface area contributed by atoms with Gasteiger partial charge in [0.25, 0.3) is 0 Å². The Bertz CT molecular complexity index is 747. The second-order valence-corrected chi connectivity index (χ2v) is 6.10. The largest absolute Gasteiger partial charge is 0.378 e. The van der Waals surface area contributed by atoms with E-state index in [1.54, 1.807) is 24.3 Å². The van der Waals surface area contributed by atoms with Gasteiger partial charge < -0.3 is 10.2 Å². The van der Waals surface area contributed by atoms with Gasteiger partial charge in [0.05, 0.1) is 18.2 Å². The molecule has 5 heteroatoms. The third kappa shape index (κ3) is 5.63. The first-order chi connectivity index (χ1) is 12.0. The second kappa shape index (κ2) is 8.86. The van der Waals surface area contributed by atoms with Crippen molar-refractivity contribution in [3.05, 3.63) is 59.7 Å². The molecule has 0 radical (unpaired) electrons. The Morgan fingerprint density at radius 3 is 2.48 bits per heavy atom. The minimum absolute atomic E-state index is 0.0816. The standard InChI is InChI=1S/C20H24N4O/c1-4-24(14-16-8-10-19(11-9-16)23(2)3)15-20(25)22-18-7-5-6-17(12-18)13-21/h5-12H,4,14-15H2,1-3H3,(H,22,25). The average molecular weight is 336 g/mol. The molecule has 2 rings (SSSR count). The number of hydrogen-bond acceptors (Lipinski definition) is 4. The molecule has 2 aromatic rings. The zero-order valence-corrected chi connectivity index (χ0v) is 15.0. The van der Waals surface area contributed by atoms with Gasteiger partial charge in [0.1, 0.15) is 0 Å². The fourth-order valence-corrected chi connectivity index (χ4v) is 2.51. The number of carbonyl (C=O) groups excluding carboxylic acids is 1. The lowest BCUT2D eigenvalue weighted by molar-refractivity contribution is -0.117. The number of likely N-dealkylation sites (N-methyl/N-ethyl adjacent to an activating group) is 1. The maximum absolute atomic E-state index is 12.3. The lowest BCUT2D eigenvalue weighted by Crippen LogP contribution is -2.32. The predicted octanol–water partition coefficient (Wildman–Crippen LogP) is 3.08. The van der Waals surface area contributed by atoms with Crippen molar-refractivity contribution in [1.82, 2.24) is 4.90 Å². The van der Waals surface area contributed by atoms with E-state index in [1.807, 2.05) is 21.0 Å². The minimum Gasteiger partial charge on any atom is -0.378 e.